The molecular weight excluding hydrogens is 350 g/mol. The number of aryl methyl sites for hydroxylation is 1. The Kier molecular flexibility index (Phi) is 6.02. The lowest BCUT2D eigenvalue weighted by Gasteiger charge is -2.22. The molecule has 1 atom stereocenters. The van der Waals surface area contributed by atoms with E-state index in [2.05, 4.69) is 28.5 Å². The van der Waals surface area contributed by atoms with Crippen molar-refractivity contribution in [2.75, 3.05) is 23.3 Å². The van der Waals surface area contributed by atoms with E-state index in [4.69, 9.17) is 0 Å². The zero-order valence-corrected chi connectivity index (χ0v) is 17.1. The third kappa shape index (κ3) is 4.35. The normalized spacial score (nSPS) is 14.0. The maximum Gasteiger partial charge on any atom is 0.251 e. The molecule has 1 aliphatic heterocycles. The molecule has 0 saturated carbocycles. The molecule has 28 heavy (non-hydrogen) atoms. The summed E-state index contributed by atoms with van der Waals surface area (Å²) in [5.74, 6) is -0.465. The van der Waals surface area contributed by atoms with Crippen LogP contribution in [-0.4, -0.2) is 30.9 Å². The van der Waals surface area contributed by atoms with Gasteiger partial charge in [0.05, 0.1) is 0 Å². The van der Waals surface area contributed by atoms with E-state index in [1.807, 2.05) is 45.0 Å². The van der Waals surface area contributed by atoms with Crippen LogP contribution in [0.25, 0.3) is 0 Å². The molecule has 1 heterocycles. The molecule has 5 heteroatoms. The minimum absolute atomic E-state index is 0.0315. The Morgan fingerprint density at radius 2 is 1.82 bits per heavy atom. The number of amides is 2. The Morgan fingerprint density at radius 1 is 1.11 bits per heavy atom. The predicted molar refractivity (Wildman–Crippen MR) is 114 cm³/mol. The third-order valence-electron chi connectivity index (χ3n) is 5.28. The van der Waals surface area contributed by atoms with Gasteiger partial charge in [0.2, 0.25) is 5.91 Å². The lowest BCUT2D eigenvalue weighted by molar-refractivity contribution is -0.118. The topological polar surface area (TPSA) is 61.4 Å². The molecule has 3 rings (SSSR count). The number of rotatable bonds is 6. The molecular formula is C23H29N3O2. The van der Waals surface area contributed by atoms with Crippen LogP contribution < -0.4 is 15.5 Å². The molecule has 0 bridgehead atoms. The zero-order valence-electron chi connectivity index (χ0n) is 17.1. The Balaban J connectivity index is 1.71. The molecule has 0 radical (unpaired) electrons. The number of fused-ring (bicyclic) bond motifs is 1. The van der Waals surface area contributed by atoms with Gasteiger partial charge in [-0.1, -0.05) is 37.6 Å². The summed E-state index contributed by atoms with van der Waals surface area (Å²) in [6.07, 6.45) is 1.04. The summed E-state index contributed by atoms with van der Waals surface area (Å²) in [5, 5.41) is 5.87. The number of benzene rings is 2. The van der Waals surface area contributed by atoms with Crippen molar-refractivity contribution < 1.29 is 9.59 Å². The molecule has 0 spiro atoms. The summed E-state index contributed by atoms with van der Waals surface area (Å²) in [5.41, 5.74) is 4.91. The van der Waals surface area contributed by atoms with Crippen molar-refractivity contribution >= 4 is 23.2 Å². The summed E-state index contributed by atoms with van der Waals surface area (Å²) in [7, 11) is 0. The van der Waals surface area contributed by atoms with E-state index in [0.717, 1.165) is 30.8 Å². The molecule has 2 aromatic rings. The molecule has 1 aliphatic rings. The zero-order chi connectivity index (χ0) is 20.3. The van der Waals surface area contributed by atoms with Crippen molar-refractivity contribution in [2.45, 2.75) is 40.2 Å². The molecule has 1 unspecified atom stereocenters. The van der Waals surface area contributed by atoms with Gasteiger partial charge in [-0.2, -0.15) is 0 Å². The molecule has 2 N–H and O–H groups in total. The number of nitrogens with zero attached hydrogens (tertiary/aromatic N) is 1. The average molecular weight is 380 g/mol. The second-order valence-corrected chi connectivity index (χ2v) is 7.72. The van der Waals surface area contributed by atoms with Gasteiger partial charge in [0.1, 0.15) is 6.04 Å². The molecule has 5 nitrogen and oxygen atoms in total. The second kappa shape index (κ2) is 8.46. The van der Waals surface area contributed by atoms with Crippen molar-refractivity contribution in [2.24, 2.45) is 5.92 Å². The Hall–Kier alpha value is -2.82. The molecule has 0 aromatic heterocycles. The van der Waals surface area contributed by atoms with Crippen LogP contribution in [0.15, 0.2) is 42.5 Å². The smallest absolute Gasteiger partial charge is 0.251 e. The van der Waals surface area contributed by atoms with E-state index in [0.29, 0.717) is 5.56 Å². The first-order valence-corrected chi connectivity index (χ1v) is 9.95. The summed E-state index contributed by atoms with van der Waals surface area (Å²) >= 11 is 0. The van der Waals surface area contributed by atoms with Gasteiger partial charge in [-0.3, -0.25) is 9.59 Å². The van der Waals surface area contributed by atoms with E-state index in [1.54, 1.807) is 12.1 Å². The molecule has 148 valence electrons. The van der Waals surface area contributed by atoms with Crippen LogP contribution in [0.2, 0.25) is 0 Å². The molecule has 0 aliphatic carbocycles. The van der Waals surface area contributed by atoms with Crippen molar-refractivity contribution in [3.8, 4) is 0 Å². The van der Waals surface area contributed by atoms with Crippen LogP contribution in [0.5, 0.6) is 0 Å². The van der Waals surface area contributed by atoms with Gasteiger partial charge < -0.3 is 15.5 Å². The van der Waals surface area contributed by atoms with Crippen molar-refractivity contribution in [3.05, 3.63) is 59.2 Å². The van der Waals surface area contributed by atoms with Crippen LogP contribution in [0.4, 0.5) is 11.4 Å². The SMILES string of the molecule is CCN1CCc2ccc(NC(=O)C(NC(=O)c3ccc(C)cc3)C(C)C)cc21. The minimum atomic E-state index is -0.607. The van der Waals surface area contributed by atoms with Gasteiger partial charge >= 0.3 is 0 Å². The van der Waals surface area contributed by atoms with Gasteiger partial charge in [-0.05, 0) is 56.0 Å². The van der Waals surface area contributed by atoms with Crippen LogP contribution in [0, 0.1) is 12.8 Å². The number of anilines is 2. The van der Waals surface area contributed by atoms with E-state index in [9.17, 15) is 9.59 Å². The third-order valence-corrected chi connectivity index (χ3v) is 5.28. The van der Waals surface area contributed by atoms with E-state index >= 15 is 0 Å². The first kappa shape index (κ1) is 19.9. The highest BCUT2D eigenvalue weighted by Crippen LogP contribution is 2.30. The highest BCUT2D eigenvalue weighted by molar-refractivity contribution is 6.01. The van der Waals surface area contributed by atoms with Crippen molar-refractivity contribution in [1.29, 1.82) is 0 Å². The first-order chi connectivity index (χ1) is 13.4. The van der Waals surface area contributed by atoms with Crippen LogP contribution >= 0.6 is 0 Å². The maximum absolute atomic E-state index is 12.9. The number of carbonyl (C=O) groups excluding carboxylic acids is 2. The fraction of sp³-hybridized carbons (Fsp3) is 0.391. The van der Waals surface area contributed by atoms with E-state index in [-0.39, 0.29) is 17.7 Å². The fourth-order valence-corrected chi connectivity index (χ4v) is 3.54. The van der Waals surface area contributed by atoms with Crippen LogP contribution in [-0.2, 0) is 11.2 Å². The Labute approximate surface area is 167 Å². The number of carbonyl (C=O) groups is 2. The Bertz CT molecular complexity index is 859. The van der Waals surface area contributed by atoms with Gasteiger partial charge in [0.15, 0.2) is 0 Å². The molecule has 2 aromatic carbocycles. The number of hydrogen-bond acceptors (Lipinski definition) is 3. The van der Waals surface area contributed by atoms with Gasteiger partial charge in [-0.15, -0.1) is 0 Å². The number of hydrogen-bond donors (Lipinski definition) is 2. The van der Waals surface area contributed by atoms with Crippen molar-refractivity contribution in [3.63, 3.8) is 0 Å². The van der Waals surface area contributed by atoms with Gasteiger partial charge in [0.25, 0.3) is 5.91 Å². The Morgan fingerprint density at radius 3 is 2.46 bits per heavy atom. The second-order valence-electron chi connectivity index (χ2n) is 7.72. The quantitative estimate of drug-likeness (QED) is 0.803. The van der Waals surface area contributed by atoms with Crippen LogP contribution in [0.3, 0.4) is 0 Å². The van der Waals surface area contributed by atoms with Crippen LogP contribution in [0.1, 0.15) is 42.3 Å². The number of likely N-dealkylation sites (N-methyl/N-ethyl adjacent to an activating group) is 1. The lowest BCUT2D eigenvalue weighted by Crippen LogP contribution is -2.47. The van der Waals surface area contributed by atoms with E-state index < -0.39 is 6.04 Å². The first-order valence-electron chi connectivity index (χ1n) is 9.95. The number of nitrogens with one attached hydrogen (secondary N) is 2. The summed E-state index contributed by atoms with van der Waals surface area (Å²) in [6.45, 7) is 9.94. The molecule has 0 saturated heterocycles. The minimum Gasteiger partial charge on any atom is -0.371 e. The summed E-state index contributed by atoms with van der Waals surface area (Å²) < 4.78 is 0. The van der Waals surface area contributed by atoms with Crippen molar-refractivity contribution in [1.82, 2.24) is 5.32 Å². The van der Waals surface area contributed by atoms with E-state index in [1.165, 1.54) is 11.3 Å². The summed E-state index contributed by atoms with van der Waals surface area (Å²) in [4.78, 5) is 27.8. The highest BCUT2D eigenvalue weighted by Gasteiger charge is 2.25. The molecule has 0 fully saturated rings. The van der Waals surface area contributed by atoms with Gasteiger partial charge in [-0.25, -0.2) is 0 Å². The highest BCUT2D eigenvalue weighted by atomic mass is 16.2. The maximum atomic E-state index is 12.9. The summed E-state index contributed by atoms with van der Waals surface area (Å²) in [6, 6.07) is 12.8. The average Bonchev–Trinajstić information content (AvgIpc) is 3.08. The fourth-order valence-electron chi connectivity index (χ4n) is 3.54. The van der Waals surface area contributed by atoms with Gasteiger partial charge in [0, 0.05) is 30.0 Å². The molecule has 2 amide bonds. The lowest BCUT2D eigenvalue weighted by atomic mass is 10.0. The largest absolute Gasteiger partial charge is 0.371 e. The predicted octanol–water partition coefficient (Wildman–Crippen LogP) is 3.77. The standard InChI is InChI=1S/C23H29N3O2/c1-5-26-13-12-17-10-11-19(14-20(17)26)24-23(28)21(15(2)3)25-22(27)18-8-6-16(4)7-9-18/h6-11,14-15,21H,5,12-13H2,1-4H3,(H,24,28)(H,25,27). The monoisotopic (exact) mass is 379 g/mol.